The monoisotopic (exact) mass is 482 g/mol. The number of nitrogens with zero attached hydrogens (tertiary/aromatic N) is 5. The molecule has 3 heterocycles. The second-order valence-electron chi connectivity index (χ2n) is 8.96. The molecule has 0 atom stereocenters. The summed E-state index contributed by atoms with van der Waals surface area (Å²) in [5.41, 5.74) is 4.09. The molecule has 0 spiro atoms. The molecule has 9 heteroatoms. The van der Waals surface area contributed by atoms with Crippen molar-refractivity contribution < 1.29 is 9.18 Å². The first kappa shape index (κ1) is 22.0. The second kappa shape index (κ2) is 8.60. The largest absolute Gasteiger partial charge is 0.366 e. The first-order valence-electron chi connectivity index (χ1n) is 11.8. The Hall–Kier alpha value is -4.53. The minimum Gasteiger partial charge on any atom is -0.366 e. The van der Waals surface area contributed by atoms with Crippen LogP contribution >= 0.6 is 0 Å². The number of aryl methyl sites for hydroxylation is 1. The molecule has 1 fully saturated rings. The fraction of sp³-hybridized carbons (Fsp3) is 0.185. The van der Waals surface area contributed by atoms with Crippen LogP contribution in [0.5, 0.6) is 0 Å². The third kappa shape index (κ3) is 3.69. The number of hydrogen-bond acceptors (Lipinski definition) is 5. The van der Waals surface area contributed by atoms with E-state index in [0.29, 0.717) is 59.7 Å². The maximum absolute atomic E-state index is 14.2. The number of halogens is 1. The van der Waals surface area contributed by atoms with E-state index in [1.54, 1.807) is 39.7 Å². The van der Waals surface area contributed by atoms with Crippen LogP contribution in [0.15, 0.2) is 71.5 Å². The normalized spacial score (nSPS) is 14.1. The van der Waals surface area contributed by atoms with Crippen molar-refractivity contribution in [2.45, 2.75) is 6.92 Å². The SMILES string of the molecule is Cc1ccc(-c2n[nH]n3c2nc(=O)c2ccc(C(=O)N4CCN(c5ccccc5F)CC4)cc23)cc1. The van der Waals surface area contributed by atoms with E-state index in [-0.39, 0.29) is 17.3 Å². The van der Waals surface area contributed by atoms with E-state index in [0.717, 1.165) is 11.1 Å². The lowest BCUT2D eigenvalue weighted by atomic mass is 10.1. The molecule has 0 saturated carbocycles. The second-order valence-corrected chi connectivity index (χ2v) is 8.96. The minimum absolute atomic E-state index is 0.138. The van der Waals surface area contributed by atoms with Crippen LogP contribution in [0.25, 0.3) is 27.8 Å². The Morgan fingerprint density at radius 1 is 0.972 bits per heavy atom. The molecule has 1 aliphatic heterocycles. The molecule has 36 heavy (non-hydrogen) atoms. The van der Waals surface area contributed by atoms with Crippen molar-refractivity contribution in [2.24, 2.45) is 0 Å². The Labute approximate surface area is 205 Å². The van der Waals surface area contributed by atoms with E-state index < -0.39 is 0 Å². The summed E-state index contributed by atoms with van der Waals surface area (Å²) in [6.07, 6.45) is 0. The number of carbonyl (C=O) groups excluding carboxylic acids is 1. The Balaban J connectivity index is 1.31. The van der Waals surface area contributed by atoms with Gasteiger partial charge in [0, 0.05) is 37.3 Å². The number of H-pyrrole nitrogens is 1. The van der Waals surface area contributed by atoms with Gasteiger partial charge in [0.15, 0.2) is 5.65 Å². The highest BCUT2D eigenvalue weighted by Gasteiger charge is 2.24. The van der Waals surface area contributed by atoms with Gasteiger partial charge in [-0.05, 0) is 37.3 Å². The van der Waals surface area contributed by atoms with Crippen LogP contribution in [0, 0.1) is 12.7 Å². The molecule has 0 bridgehead atoms. The molecule has 1 N–H and O–H groups in total. The molecule has 8 nitrogen and oxygen atoms in total. The molecule has 1 aliphatic rings. The summed E-state index contributed by atoms with van der Waals surface area (Å²) >= 11 is 0. The predicted molar refractivity (Wildman–Crippen MR) is 136 cm³/mol. The molecule has 180 valence electrons. The number of nitrogens with one attached hydrogen (secondary N) is 1. The standard InChI is InChI=1S/C27H23FN6O2/c1-17-6-8-18(9-7-17)24-25-29-26(35)20-11-10-19(16-23(20)34(25)31-30-24)27(36)33-14-12-32(13-15-33)22-5-3-2-4-21(22)28/h2-11,16,31H,12-15H2,1H3. The number of aromatic amines is 1. The van der Waals surface area contributed by atoms with Crippen LogP contribution < -0.4 is 10.5 Å². The van der Waals surface area contributed by atoms with Gasteiger partial charge in [-0.1, -0.05) is 42.0 Å². The molecule has 1 amide bonds. The minimum atomic E-state index is -0.378. The Morgan fingerprint density at radius 2 is 1.72 bits per heavy atom. The zero-order valence-electron chi connectivity index (χ0n) is 19.6. The smallest absolute Gasteiger partial charge is 0.281 e. The Bertz CT molecular complexity index is 1670. The van der Waals surface area contributed by atoms with Crippen molar-refractivity contribution >= 4 is 28.1 Å². The fourth-order valence-corrected chi connectivity index (χ4v) is 4.71. The van der Waals surface area contributed by atoms with Gasteiger partial charge in [0.05, 0.1) is 16.6 Å². The number of carbonyl (C=O) groups is 1. The molecule has 0 aliphatic carbocycles. The summed E-state index contributed by atoms with van der Waals surface area (Å²) in [5.74, 6) is -0.402. The molecule has 1 saturated heterocycles. The average molecular weight is 483 g/mol. The van der Waals surface area contributed by atoms with E-state index in [9.17, 15) is 14.0 Å². The van der Waals surface area contributed by atoms with Gasteiger partial charge in [-0.3, -0.25) is 9.59 Å². The zero-order chi connectivity index (χ0) is 24.8. The average Bonchev–Trinajstić information content (AvgIpc) is 3.33. The first-order valence-corrected chi connectivity index (χ1v) is 11.8. The van der Waals surface area contributed by atoms with Crippen LogP contribution in [0.2, 0.25) is 0 Å². The maximum Gasteiger partial charge on any atom is 0.281 e. The topological polar surface area (TPSA) is 86.6 Å². The van der Waals surface area contributed by atoms with Gasteiger partial charge in [-0.2, -0.15) is 10.1 Å². The maximum atomic E-state index is 14.2. The first-order chi connectivity index (χ1) is 17.5. The number of benzene rings is 3. The fourth-order valence-electron chi connectivity index (χ4n) is 4.71. The number of hydrogen-bond donors (Lipinski definition) is 1. The van der Waals surface area contributed by atoms with Crippen LogP contribution in [-0.4, -0.2) is 56.8 Å². The van der Waals surface area contributed by atoms with Crippen molar-refractivity contribution in [2.75, 3.05) is 31.1 Å². The van der Waals surface area contributed by atoms with E-state index >= 15 is 0 Å². The molecule has 0 radical (unpaired) electrons. The molecular weight excluding hydrogens is 459 g/mol. The van der Waals surface area contributed by atoms with Gasteiger partial charge in [-0.15, -0.1) is 0 Å². The van der Waals surface area contributed by atoms with Crippen LogP contribution in [-0.2, 0) is 0 Å². The lowest BCUT2D eigenvalue weighted by molar-refractivity contribution is 0.0747. The van der Waals surface area contributed by atoms with Crippen molar-refractivity contribution in [1.82, 2.24) is 24.7 Å². The summed E-state index contributed by atoms with van der Waals surface area (Å²) in [6.45, 7) is 4.01. The van der Waals surface area contributed by atoms with Crippen molar-refractivity contribution in [3.05, 3.63) is 94.0 Å². The summed E-state index contributed by atoms with van der Waals surface area (Å²) in [6, 6.07) is 19.5. The van der Waals surface area contributed by atoms with Crippen LogP contribution in [0.4, 0.5) is 10.1 Å². The molecular formula is C27H23FN6O2. The van der Waals surface area contributed by atoms with Gasteiger partial charge in [-0.25, -0.2) is 14.1 Å². The lowest BCUT2D eigenvalue weighted by Gasteiger charge is -2.36. The van der Waals surface area contributed by atoms with Gasteiger partial charge in [0.1, 0.15) is 11.5 Å². The van der Waals surface area contributed by atoms with E-state index in [2.05, 4.69) is 15.3 Å². The van der Waals surface area contributed by atoms with Gasteiger partial charge in [0.25, 0.3) is 11.5 Å². The number of rotatable bonds is 3. The summed E-state index contributed by atoms with van der Waals surface area (Å²) < 4.78 is 15.8. The van der Waals surface area contributed by atoms with Crippen molar-refractivity contribution in [3.63, 3.8) is 0 Å². The Morgan fingerprint density at radius 3 is 2.47 bits per heavy atom. The quantitative estimate of drug-likeness (QED) is 0.424. The van der Waals surface area contributed by atoms with E-state index in [4.69, 9.17) is 0 Å². The number of para-hydroxylation sites is 1. The van der Waals surface area contributed by atoms with Crippen molar-refractivity contribution in [1.29, 1.82) is 0 Å². The Kier molecular flexibility index (Phi) is 5.25. The molecule has 3 aromatic carbocycles. The molecule has 6 rings (SSSR count). The van der Waals surface area contributed by atoms with E-state index in [1.165, 1.54) is 6.07 Å². The number of anilines is 1. The number of amides is 1. The lowest BCUT2D eigenvalue weighted by Crippen LogP contribution is -2.49. The highest BCUT2D eigenvalue weighted by atomic mass is 19.1. The number of aromatic nitrogens is 4. The molecule has 2 aromatic heterocycles. The number of piperazine rings is 1. The van der Waals surface area contributed by atoms with Gasteiger partial charge < -0.3 is 9.80 Å². The number of fused-ring (bicyclic) bond motifs is 3. The summed E-state index contributed by atoms with van der Waals surface area (Å²) in [4.78, 5) is 34.1. The predicted octanol–water partition coefficient (Wildman–Crippen LogP) is 3.65. The van der Waals surface area contributed by atoms with Crippen LogP contribution in [0.1, 0.15) is 15.9 Å². The van der Waals surface area contributed by atoms with Crippen LogP contribution in [0.3, 0.4) is 0 Å². The third-order valence-electron chi connectivity index (χ3n) is 6.69. The van der Waals surface area contributed by atoms with Gasteiger partial charge >= 0.3 is 0 Å². The highest BCUT2D eigenvalue weighted by Crippen LogP contribution is 2.24. The molecule has 5 aromatic rings. The zero-order valence-corrected chi connectivity index (χ0v) is 19.6. The molecule has 0 unspecified atom stereocenters. The van der Waals surface area contributed by atoms with E-state index in [1.807, 2.05) is 42.2 Å². The van der Waals surface area contributed by atoms with Gasteiger partial charge in [0.2, 0.25) is 0 Å². The van der Waals surface area contributed by atoms with Crippen molar-refractivity contribution in [3.8, 4) is 11.3 Å². The summed E-state index contributed by atoms with van der Waals surface area (Å²) in [7, 11) is 0. The highest BCUT2D eigenvalue weighted by molar-refractivity contribution is 5.98. The summed E-state index contributed by atoms with van der Waals surface area (Å²) in [5, 5.41) is 7.74. The third-order valence-corrected chi connectivity index (χ3v) is 6.69.